The lowest BCUT2D eigenvalue weighted by molar-refractivity contribution is -0.141. The number of halogens is 3. The smallest absolute Gasteiger partial charge is 0.417 e. The number of nitrogens with zero attached hydrogens (tertiary/aromatic N) is 2. The molecule has 2 aliphatic heterocycles. The van der Waals surface area contributed by atoms with Crippen LogP contribution in [0.2, 0.25) is 0 Å². The Morgan fingerprint density at radius 2 is 1.52 bits per heavy atom. The van der Waals surface area contributed by atoms with Gasteiger partial charge >= 0.3 is 12.3 Å². The largest absolute Gasteiger partial charge is 0.443 e. The van der Waals surface area contributed by atoms with Crippen molar-refractivity contribution in [3.63, 3.8) is 0 Å². The van der Waals surface area contributed by atoms with E-state index in [1.807, 2.05) is 0 Å². The second kappa shape index (κ2) is 12.1. The Bertz CT molecular complexity index is 1650. The Morgan fingerprint density at radius 3 is 2.09 bits per heavy atom. The predicted octanol–water partition coefficient (Wildman–Crippen LogP) is 3.73. The molecule has 4 rings (SSSR count). The molecule has 0 bridgehead atoms. The van der Waals surface area contributed by atoms with E-state index in [-0.39, 0.29) is 43.7 Å². The Morgan fingerprint density at radius 1 is 0.909 bits per heavy atom. The third kappa shape index (κ3) is 7.24. The molecule has 16 heteroatoms. The van der Waals surface area contributed by atoms with Crippen LogP contribution in [0.1, 0.15) is 52.0 Å². The molecule has 0 spiro atoms. The molecule has 0 unspecified atom stereocenters. The van der Waals surface area contributed by atoms with E-state index in [4.69, 9.17) is 4.74 Å². The van der Waals surface area contributed by atoms with Crippen LogP contribution in [0.5, 0.6) is 0 Å². The van der Waals surface area contributed by atoms with Crippen molar-refractivity contribution in [2.45, 2.75) is 85.0 Å². The van der Waals surface area contributed by atoms with E-state index < -0.39 is 77.0 Å². The molecule has 2 aliphatic rings. The molecular weight excluding hydrogens is 627 g/mol. The second-order valence-corrected chi connectivity index (χ2v) is 15.1. The van der Waals surface area contributed by atoms with Gasteiger partial charge in [-0.25, -0.2) is 31.3 Å². The zero-order chi connectivity index (χ0) is 32.7. The Hall–Kier alpha value is -3.50. The minimum Gasteiger partial charge on any atom is -0.443 e. The molecule has 0 saturated carbocycles. The molecule has 2 saturated heterocycles. The number of rotatable bonds is 6. The van der Waals surface area contributed by atoms with Crippen LogP contribution in [0.25, 0.3) is 0 Å². The number of imide groups is 1. The number of carbonyl (C=O) groups excluding carboxylic acids is 3. The number of hydrogen-bond donors (Lipinski definition) is 1. The van der Waals surface area contributed by atoms with Gasteiger partial charge in [0, 0.05) is 25.6 Å². The number of carbonyl (C=O) groups is 3. The summed E-state index contributed by atoms with van der Waals surface area (Å²) in [6.07, 6.45) is -5.97. The number of likely N-dealkylation sites (tertiary alicyclic amines) is 2. The molecule has 3 amide bonds. The lowest BCUT2D eigenvalue weighted by Gasteiger charge is -2.35. The van der Waals surface area contributed by atoms with Crippen molar-refractivity contribution in [1.82, 2.24) is 14.5 Å². The van der Waals surface area contributed by atoms with E-state index in [2.05, 4.69) is 4.72 Å². The van der Waals surface area contributed by atoms with Crippen LogP contribution in [0, 0.1) is 0 Å². The van der Waals surface area contributed by atoms with Gasteiger partial charge in [-0.1, -0.05) is 18.2 Å². The number of sulfonamides is 1. The fourth-order valence-corrected chi connectivity index (χ4v) is 7.97. The van der Waals surface area contributed by atoms with Crippen molar-refractivity contribution in [3.05, 3.63) is 54.1 Å². The van der Waals surface area contributed by atoms with Crippen LogP contribution in [0.15, 0.2) is 63.2 Å². The number of piperidine rings is 1. The summed E-state index contributed by atoms with van der Waals surface area (Å²) in [5, 5.41) is 0. The van der Waals surface area contributed by atoms with Gasteiger partial charge in [-0.05, 0) is 70.4 Å². The third-order valence-corrected chi connectivity index (χ3v) is 10.5. The highest BCUT2D eigenvalue weighted by molar-refractivity contribution is 7.91. The molecule has 240 valence electrons. The highest BCUT2D eigenvalue weighted by Crippen LogP contribution is 2.37. The van der Waals surface area contributed by atoms with E-state index in [0.29, 0.717) is 18.2 Å². The standard InChI is InChI=1S/C28H32F3N3O8S2/c1-27(2,3)42-26(37)34-22(11-12-24(34)35)25(36)33-15-13-18(14-16-33)32-44(40,41)23-17-20(9-10-21(23)28(29,30)31)43(38,39)19-7-5-4-6-8-19/h4-10,17-18,22,32H,11-16H2,1-3H3/t22-/m0/s1. The lowest BCUT2D eigenvalue weighted by Crippen LogP contribution is -2.53. The summed E-state index contributed by atoms with van der Waals surface area (Å²) in [7, 11) is -9.22. The number of amides is 3. The van der Waals surface area contributed by atoms with Crippen molar-refractivity contribution < 1.29 is 49.1 Å². The molecule has 44 heavy (non-hydrogen) atoms. The Kier molecular flexibility index (Phi) is 9.20. The number of alkyl halides is 3. The molecule has 1 atom stereocenters. The first kappa shape index (κ1) is 33.4. The molecule has 0 aromatic heterocycles. The van der Waals surface area contributed by atoms with Gasteiger partial charge in [0.15, 0.2) is 0 Å². The van der Waals surface area contributed by atoms with E-state index >= 15 is 0 Å². The second-order valence-electron chi connectivity index (χ2n) is 11.5. The number of nitrogens with one attached hydrogen (secondary N) is 1. The normalized spacial score (nSPS) is 18.9. The van der Waals surface area contributed by atoms with Crippen LogP contribution in [0.3, 0.4) is 0 Å². The van der Waals surface area contributed by atoms with Gasteiger partial charge in [0.25, 0.3) is 0 Å². The molecule has 2 aromatic carbocycles. The topological polar surface area (TPSA) is 147 Å². The number of hydrogen-bond acceptors (Lipinski definition) is 8. The maximum absolute atomic E-state index is 13.9. The maximum atomic E-state index is 13.9. The van der Waals surface area contributed by atoms with Gasteiger partial charge in [0.1, 0.15) is 11.6 Å². The fraction of sp³-hybridized carbons (Fsp3) is 0.464. The first-order chi connectivity index (χ1) is 20.3. The molecule has 11 nitrogen and oxygen atoms in total. The minimum atomic E-state index is -5.10. The monoisotopic (exact) mass is 659 g/mol. The molecule has 2 fully saturated rings. The van der Waals surface area contributed by atoms with Gasteiger partial charge in [0.05, 0.1) is 20.2 Å². The SMILES string of the molecule is CC(C)(C)OC(=O)N1C(=O)CC[C@H]1C(=O)N1CCC(NS(=O)(=O)c2cc(S(=O)(=O)c3ccccc3)ccc2C(F)(F)F)CC1. The van der Waals surface area contributed by atoms with Crippen LogP contribution >= 0.6 is 0 Å². The summed E-state index contributed by atoms with van der Waals surface area (Å²) >= 11 is 0. The van der Waals surface area contributed by atoms with E-state index in [9.17, 15) is 44.4 Å². The molecule has 0 aliphatic carbocycles. The zero-order valence-electron chi connectivity index (χ0n) is 24.1. The summed E-state index contributed by atoms with van der Waals surface area (Å²) in [5.74, 6) is -1.08. The average Bonchev–Trinajstić information content (AvgIpc) is 3.33. The van der Waals surface area contributed by atoms with Crippen LogP contribution < -0.4 is 4.72 Å². The van der Waals surface area contributed by atoms with Crippen LogP contribution in [-0.2, 0) is 40.4 Å². The summed E-state index contributed by atoms with van der Waals surface area (Å²) < 4.78 is 102. The Labute approximate surface area is 253 Å². The summed E-state index contributed by atoms with van der Waals surface area (Å²) in [4.78, 5) is 38.3. The van der Waals surface area contributed by atoms with Crippen molar-refractivity contribution in [2.24, 2.45) is 0 Å². The summed E-state index contributed by atoms with van der Waals surface area (Å²) in [6.45, 7) is 4.83. The van der Waals surface area contributed by atoms with E-state index in [0.717, 1.165) is 4.90 Å². The maximum Gasteiger partial charge on any atom is 0.417 e. The van der Waals surface area contributed by atoms with Gasteiger partial charge in [-0.2, -0.15) is 13.2 Å². The predicted molar refractivity (Wildman–Crippen MR) is 149 cm³/mol. The molecule has 2 heterocycles. The molecule has 1 N–H and O–H groups in total. The van der Waals surface area contributed by atoms with E-state index in [1.165, 1.54) is 29.2 Å². The highest BCUT2D eigenvalue weighted by Gasteiger charge is 2.45. The fourth-order valence-electron chi connectivity index (χ4n) is 5.03. The van der Waals surface area contributed by atoms with Gasteiger partial charge in [-0.15, -0.1) is 0 Å². The summed E-state index contributed by atoms with van der Waals surface area (Å²) in [5.41, 5.74) is -2.43. The van der Waals surface area contributed by atoms with Gasteiger partial charge < -0.3 is 9.64 Å². The lowest BCUT2D eigenvalue weighted by atomic mass is 10.0. The molecular formula is C28H32F3N3O8S2. The van der Waals surface area contributed by atoms with E-state index in [1.54, 1.807) is 26.8 Å². The number of sulfone groups is 1. The molecule has 0 radical (unpaired) electrons. The van der Waals surface area contributed by atoms with Crippen molar-refractivity contribution in [2.75, 3.05) is 13.1 Å². The number of benzene rings is 2. The summed E-state index contributed by atoms with van der Waals surface area (Å²) in [6, 6.07) is 6.53. The van der Waals surface area contributed by atoms with Crippen molar-refractivity contribution >= 4 is 37.8 Å². The quantitative estimate of drug-likeness (QED) is 0.494. The zero-order valence-corrected chi connectivity index (χ0v) is 25.8. The first-order valence-electron chi connectivity index (χ1n) is 13.7. The highest BCUT2D eigenvalue weighted by atomic mass is 32.2. The van der Waals surface area contributed by atoms with Gasteiger partial charge in [0.2, 0.25) is 31.7 Å². The van der Waals surface area contributed by atoms with Crippen molar-refractivity contribution in [1.29, 1.82) is 0 Å². The molecule has 2 aromatic rings. The third-order valence-electron chi connectivity index (χ3n) is 7.13. The van der Waals surface area contributed by atoms with Crippen molar-refractivity contribution in [3.8, 4) is 0 Å². The first-order valence-corrected chi connectivity index (χ1v) is 16.7. The minimum absolute atomic E-state index is 0.00652. The van der Waals surface area contributed by atoms with Crippen LogP contribution in [-0.4, -0.2) is 75.3 Å². The average molecular weight is 660 g/mol. The van der Waals surface area contributed by atoms with Crippen LogP contribution in [0.4, 0.5) is 18.0 Å². The Balaban J connectivity index is 1.50. The van der Waals surface area contributed by atoms with Gasteiger partial charge in [-0.3, -0.25) is 9.59 Å². The number of ether oxygens (including phenoxy) is 1.